The van der Waals surface area contributed by atoms with Crippen LogP contribution in [0.2, 0.25) is 0 Å². The van der Waals surface area contributed by atoms with Crippen LogP contribution in [-0.4, -0.2) is 17.0 Å². The summed E-state index contributed by atoms with van der Waals surface area (Å²) in [6.45, 7) is 1.71. The van der Waals surface area contributed by atoms with Crippen LogP contribution in [0.1, 0.15) is 10.6 Å². The van der Waals surface area contributed by atoms with Gasteiger partial charge in [-0.15, -0.1) is 11.3 Å². The van der Waals surface area contributed by atoms with Gasteiger partial charge in [-0.2, -0.15) is 5.26 Å². The van der Waals surface area contributed by atoms with Crippen LogP contribution in [0.4, 0.5) is 15.8 Å². The Bertz CT molecular complexity index is 1130. The highest BCUT2D eigenvalue weighted by Gasteiger charge is 2.17. The number of anilines is 1. The molecule has 9 heteroatoms. The summed E-state index contributed by atoms with van der Waals surface area (Å²) in [4.78, 5) is 15.0. The summed E-state index contributed by atoms with van der Waals surface area (Å²) in [5, 5.41) is 25.9. The lowest BCUT2D eigenvalue weighted by atomic mass is 10.1. The Labute approximate surface area is 169 Å². The van der Waals surface area contributed by atoms with Gasteiger partial charge in [0.05, 0.1) is 17.7 Å². The lowest BCUT2D eigenvalue weighted by Crippen LogP contribution is -1.99. The van der Waals surface area contributed by atoms with Crippen molar-refractivity contribution >= 4 is 28.3 Å². The molecule has 7 nitrogen and oxygen atoms in total. The Morgan fingerprint density at radius 3 is 2.72 bits per heavy atom. The summed E-state index contributed by atoms with van der Waals surface area (Å²) in [5.41, 5.74) is 2.73. The van der Waals surface area contributed by atoms with E-state index in [1.807, 2.05) is 0 Å². The van der Waals surface area contributed by atoms with E-state index in [2.05, 4.69) is 16.4 Å². The molecule has 0 radical (unpaired) electrons. The third-order valence-corrected chi connectivity index (χ3v) is 4.97. The molecule has 0 amide bonds. The summed E-state index contributed by atoms with van der Waals surface area (Å²) < 4.78 is 18.2. The van der Waals surface area contributed by atoms with Crippen molar-refractivity contribution in [2.75, 3.05) is 12.4 Å². The maximum absolute atomic E-state index is 13.1. The topological polar surface area (TPSA) is 101 Å². The maximum atomic E-state index is 13.1. The van der Waals surface area contributed by atoms with Crippen LogP contribution < -0.4 is 10.1 Å². The highest BCUT2D eigenvalue weighted by Crippen LogP contribution is 2.33. The molecule has 0 atom stereocenters. The number of thiazole rings is 1. The van der Waals surface area contributed by atoms with Crippen molar-refractivity contribution < 1.29 is 14.1 Å². The fourth-order valence-corrected chi connectivity index (χ4v) is 3.37. The van der Waals surface area contributed by atoms with Crippen molar-refractivity contribution in [3.63, 3.8) is 0 Å². The number of methoxy groups -OCH3 is 1. The first-order valence-electron chi connectivity index (χ1n) is 8.34. The van der Waals surface area contributed by atoms with E-state index in [-0.39, 0.29) is 17.3 Å². The van der Waals surface area contributed by atoms with Crippen LogP contribution in [0.3, 0.4) is 0 Å². The van der Waals surface area contributed by atoms with Crippen molar-refractivity contribution in [3.05, 3.63) is 74.5 Å². The van der Waals surface area contributed by atoms with E-state index < -0.39 is 4.92 Å². The lowest BCUT2D eigenvalue weighted by molar-refractivity contribution is -0.385. The first-order chi connectivity index (χ1) is 13.9. The molecular weight excluding hydrogens is 395 g/mol. The molecule has 29 heavy (non-hydrogen) atoms. The minimum absolute atomic E-state index is 0.114. The molecular formula is C20H15FN4O3S. The number of nitro groups is 1. The van der Waals surface area contributed by atoms with Crippen LogP contribution in [0.5, 0.6) is 5.75 Å². The third kappa shape index (κ3) is 4.39. The minimum atomic E-state index is -0.515. The second-order valence-corrected chi connectivity index (χ2v) is 6.81. The Hall–Kier alpha value is -3.77. The number of nitriles is 1. The second kappa shape index (κ2) is 8.50. The molecule has 0 aliphatic rings. The fraction of sp³-hybridized carbons (Fsp3) is 0.100. The van der Waals surface area contributed by atoms with Crippen molar-refractivity contribution in [1.29, 1.82) is 5.26 Å². The molecule has 1 heterocycles. The van der Waals surface area contributed by atoms with Crippen molar-refractivity contribution in [2.45, 2.75) is 6.92 Å². The van der Waals surface area contributed by atoms with Gasteiger partial charge < -0.3 is 10.1 Å². The molecule has 0 aliphatic heterocycles. The number of nitrogens with one attached hydrogen (secondary N) is 1. The van der Waals surface area contributed by atoms with Crippen LogP contribution in [0.15, 0.2) is 48.0 Å². The number of hydrogen-bond acceptors (Lipinski definition) is 7. The second-order valence-electron chi connectivity index (χ2n) is 5.96. The van der Waals surface area contributed by atoms with Gasteiger partial charge in [0, 0.05) is 35.0 Å². The summed E-state index contributed by atoms with van der Waals surface area (Å²) >= 11 is 1.28. The minimum Gasteiger partial charge on any atom is -0.490 e. The van der Waals surface area contributed by atoms with E-state index in [9.17, 15) is 19.8 Å². The molecule has 2 aromatic carbocycles. The summed E-state index contributed by atoms with van der Waals surface area (Å²) in [6.07, 6.45) is 1.49. The molecule has 0 fully saturated rings. The molecule has 0 bridgehead atoms. The number of ether oxygens (including phenoxy) is 1. The molecule has 1 aromatic heterocycles. The van der Waals surface area contributed by atoms with Gasteiger partial charge >= 0.3 is 5.69 Å². The van der Waals surface area contributed by atoms with Gasteiger partial charge in [-0.05, 0) is 36.8 Å². The van der Waals surface area contributed by atoms with Gasteiger partial charge in [-0.3, -0.25) is 10.1 Å². The number of nitro benzene ring substituents is 1. The quantitative estimate of drug-likeness (QED) is 0.343. The zero-order valence-corrected chi connectivity index (χ0v) is 16.3. The van der Waals surface area contributed by atoms with Crippen LogP contribution >= 0.6 is 11.3 Å². The molecule has 0 aliphatic carbocycles. The van der Waals surface area contributed by atoms with E-state index in [1.54, 1.807) is 24.4 Å². The van der Waals surface area contributed by atoms with E-state index in [0.717, 1.165) is 5.56 Å². The van der Waals surface area contributed by atoms with Crippen LogP contribution in [-0.2, 0) is 0 Å². The summed E-state index contributed by atoms with van der Waals surface area (Å²) in [5.74, 6) is -0.220. The predicted octanol–water partition coefficient (Wildman–Crippen LogP) is 5.15. The van der Waals surface area contributed by atoms with E-state index in [1.165, 1.54) is 48.9 Å². The van der Waals surface area contributed by atoms with Crippen molar-refractivity contribution in [2.24, 2.45) is 0 Å². The Balaban J connectivity index is 1.87. The van der Waals surface area contributed by atoms with E-state index in [4.69, 9.17) is 4.74 Å². The SMILES string of the molecule is COc1cc(NC=C(C#N)c2nc(-c3ccc(F)cc3)cs2)c(C)cc1[N+](=O)[O-]. The van der Waals surface area contributed by atoms with Gasteiger partial charge in [0.25, 0.3) is 0 Å². The summed E-state index contributed by atoms with van der Waals surface area (Å²) in [6, 6.07) is 10.9. The highest BCUT2D eigenvalue weighted by atomic mass is 32.1. The molecule has 0 saturated carbocycles. The normalized spacial score (nSPS) is 11.0. The average Bonchev–Trinajstić information content (AvgIpc) is 3.19. The number of benzene rings is 2. The largest absolute Gasteiger partial charge is 0.490 e. The number of halogens is 1. The zero-order valence-electron chi connectivity index (χ0n) is 15.5. The molecule has 146 valence electrons. The molecule has 1 N–H and O–H groups in total. The standard InChI is InChI=1S/C20H15FN4O3S/c1-12-7-18(25(26)27)19(28-2)8-16(12)23-10-14(9-22)20-24-17(11-29-20)13-3-5-15(21)6-4-13/h3-8,10-11,23H,1-2H3. The van der Waals surface area contributed by atoms with Gasteiger partial charge in [0.2, 0.25) is 0 Å². The smallest absolute Gasteiger partial charge is 0.311 e. The number of aromatic nitrogens is 1. The molecule has 3 rings (SSSR count). The van der Waals surface area contributed by atoms with Gasteiger partial charge in [0.15, 0.2) is 5.75 Å². The van der Waals surface area contributed by atoms with Crippen LogP contribution in [0, 0.1) is 34.2 Å². The molecule has 0 unspecified atom stereocenters. The first-order valence-corrected chi connectivity index (χ1v) is 9.22. The number of aryl methyl sites for hydroxylation is 1. The average molecular weight is 410 g/mol. The summed E-state index contributed by atoms with van der Waals surface area (Å²) in [7, 11) is 1.35. The van der Waals surface area contributed by atoms with Crippen molar-refractivity contribution in [1.82, 2.24) is 4.98 Å². The number of rotatable bonds is 6. The monoisotopic (exact) mass is 410 g/mol. The number of allylic oxidation sites excluding steroid dienone is 1. The van der Waals surface area contributed by atoms with E-state index >= 15 is 0 Å². The number of nitrogens with zero attached hydrogens (tertiary/aromatic N) is 3. The maximum Gasteiger partial charge on any atom is 0.311 e. The van der Waals surface area contributed by atoms with E-state index in [0.29, 0.717) is 27.5 Å². The lowest BCUT2D eigenvalue weighted by Gasteiger charge is -2.09. The Kier molecular flexibility index (Phi) is 5.85. The molecule has 0 saturated heterocycles. The predicted molar refractivity (Wildman–Crippen MR) is 109 cm³/mol. The first kappa shape index (κ1) is 20.0. The molecule has 3 aromatic rings. The zero-order chi connectivity index (χ0) is 21.0. The van der Waals surface area contributed by atoms with Gasteiger partial charge in [-0.1, -0.05) is 0 Å². The van der Waals surface area contributed by atoms with Crippen molar-refractivity contribution in [3.8, 4) is 23.1 Å². The van der Waals surface area contributed by atoms with Gasteiger partial charge in [0.1, 0.15) is 22.5 Å². The Morgan fingerprint density at radius 2 is 2.10 bits per heavy atom. The highest BCUT2D eigenvalue weighted by molar-refractivity contribution is 7.11. The van der Waals surface area contributed by atoms with Gasteiger partial charge in [-0.25, -0.2) is 9.37 Å². The van der Waals surface area contributed by atoms with Crippen LogP contribution in [0.25, 0.3) is 16.8 Å². The fourth-order valence-electron chi connectivity index (χ4n) is 2.58. The molecule has 0 spiro atoms. The number of hydrogen-bond donors (Lipinski definition) is 1. The Morgan fingerprint density at radius 1 is 1.38 bits per heavy atom. The third-order valence-electron chi connectivity index (χ3n) is 4.09.